The van der Waals surface area contributed by atoms with Crippen molar-refractivity contribution >= 4 is 34.8 Å². The highest BCUT2D eigenvalue weighted by molar-refractivity contribution is 8.04. The predicted octanol–water partition coefficient (Wildman–Crippen LogP) is 4.06. The standard InChI is InChI=1S/C22H15N3O4S/c26-21-19(15-9-11-17(12-10-15)25(28)29)20(30-18-7-2-1-3-8-18)22(27)24(21)14-16-6-4-5-13-23-16/h1-13H,14H2. The van der Waals surface area contributed by atoms with E-state index in [9.17, 15) is 19.7 Å². The molecule has 8 heteroatoms. The van der Waals surface area contributed by atoms with Crippen LogP contribution in [0.2, 0.25) is 0 Å². The maximum Gasteiger partial charge on any atom is 0.269 e. The summed E-state index contributed by atoms with van der Waals surface area (Å²) in [5.74, 6) is -0.856. The van der Waals surface area contributed by atoms with E-state index in [-0.39, 0.29) is 22.7 Å². The van der Waals surface area contributed by atoms with Crippen LogP contribution in [-0.2, 0) is 16.1 Å². The molecule has 2 aromatic carbocycles. The minimum absolute atomic E-state index is 0.0494. The van der Waals surface area contributed by atoms with Crippen LogP contribution in [0.1, 0.15) is 11.3 Å². The monoisotopic (exact) mass is 417 g/mol. The molecule has 7 nitrogen and oxygen atoms in total. The van der Waals surface area contributed by atoms with Crippen LogP contribution < -0.4 is 0 Å². The van der Waals surface area contributed by atoms with Gasteiger partial charge in [0, 0.05) is 23.2 Å². The van der Waals surface area contributed by atoms with Crippen molar-refractivity contribution in [2.24, 2.45) is 0 Å². The summed E-state index contributed by atoms with van der Waals surface area (Å²) in [7, 11) is 0. The number of aromatic nitrogens is 1. The van der Waals surface area contributed by atoms with Gasteiger partial charge in [-0.25, -0.2) is 0 Å². The molecule has 30 heavy (non-hydrogen) atoms. The second kappa shape index (κ2) is 8.30. The Morgan fingerprint density at radius 2 is 1.60 bits per heavy atom. The maximum absolute atomic E-state index is 13.2. The molecule has 0 aliphatic carbocycles. The highest BCUT2D eigenvalue weighted by atomic mass is 32.2. The molecule has 0 radical (unpaired) electrons. The fourth-order valence-corrected chi connectivity index (χ4v) is 4.09. The topological polar surface area (TPSA) is 93.4 Å². The van der Waals surface area contributed by atoms with Crippen molar-refractivity contribution in [3.8, 4) is 0 Å². The molecule has 0 fully saturated rings. The number of benzene rings is 2. The molecule has 3 aromatic rings. The van der Waals surface area contributed by atoms with Gasteiger partial charge in [-0.15, -0.1) is 0 Å². The number of thioether (sulfide) groups is 1. The molecule has 2 amide bonds. The Hall–Kier alpha value is -3.78. The van der Waals surface area contributed by atoms with E-state index < -0.39 is 16.7 Å². The van der Waals surface area contributed by atoms with Crippen LogP contribution in [0, 0.1) is 10.1 Å². The zero-order valence-corrected chi connectivity index (χ0v) is 16.4. The van der Waals surface area contributed by atoms with Crippen LogP contribution >= 0.6 is 11.8 Å². The van der Waals surface area contributed by atoms with Crippen molar-refractivity contribution in [3.05, 3.63) is 105 Å². The first-order valence-electron chi connectivity index (χ1n) is 9.02. The zero-order chi connectivity index (χ0) is 21.1. The highest BCUT2D eigenvalue weighted by Crippen LogP contribution is 2.40. The van der Waals surface area contributed by atoms with Gasteiger partial charge in [0.25, 0.3) is 17.5 Å². The van der Waals surface area contributed by atoms with E-state index in [0.717, 1.165) is 9.80 Å². The van der Waals surface area contributed by atoms with Gasteiger partial charge in [-0.3, -0.25) is 29.6 Å². The van der Waals surface area contributed by atoms with E-state index >= 15 is 0 Å². The minimum Gasteiger partial charge on any atom is -0.269 e. The number of carbonyl (C=O) groups is 2. The summed E-state index contributed by atoms with van der Waals surface area (Å²) >= 11 is 1.20. The number of carbonyl (C=O) groups excluding carboxylic acids is 2. The number of non-ortho nitro benzene ring substituents is 1. The Morgan fingerprint density at radius 3 is 2.23 bits per heavy atom. The van der Waals surface area contributed by atoms with Crippen LogP contribution in [0.3, 0.4) is 0 Å². The molecular weight excluding hydrogens is 402 g/mol. The van der Waals surface area contributed by atoms with Crippen molar-refractivity contribution in [3.63, 3.8) is 0 Å². The first kappa shape index (κ1) is 19.5. The van der Waals surface area contributed by atoms with Crippen LogP contribution in [0.4, 0.5) is 5.69 Å². The first-order chi connectivity index (χ1) is 14.5. The Labute approximate surface area is 176 Å². The number of rotatable bonds is 6. The number of hydrogen-bond donors (Lipinski definition) is 0. The van der Waals surface area contributed by atoms with E-state index in [0.29, 0.717) is 11.3 Å². The van der Waals surface area contributed by atoms with Gasteiger partial charge in [-0.1, -0.05) is 36.0 Å². The zero-order valence-electron chi connectivity index (χ0n) is 15.6. The lowest BCUT2D eigenvalue weighted by atomic mass is 10.1. The predicted molar refractivity (Wildman–Crippen MR) is 112 cm³/mol. The Morgan fingerprint density at radius 1 is 0.900 bits per heavy atom. The molecule has 0 unspecified atom stereocenters. The number of nitro groups is 1. The molecule has 2 heterocycles. The second-order valence-corrected chi connectivity index (χ2v) is 7.52. The number of pyridine rings is 1. The van der Waals surface area contributed by atoms with Crippen LogP contribution in [0.15, 0.2) is 88.8 Å². The maximum atomic E-state index is 13.2. The normalized spacial score (nSPS) is 13.8. The summed E-state index contributed by atoms with van der Waals surface area (Å²) in [6.07, 6.45) is 1.60. The third kappa shape index (κ3) is 3.85. The molecule has 0 atom stereocenters. The smallest absolute Gasteiger partial charge is 0.269 e. The quantitative estimate of drug-likeness (QED) is 0.341. The van der Waals surface area contributed by atoms with E-state index in [1.807, 2.05) is 30.3 Å². The summed E-state index contributed by atoms with van der Waals surface area (Å²) in [5, 5.41) is 11.0. The number of hydrogen-bond acceptors (Lipinski definition) is 6. The van der Waals surface area contributed by atoms with E-state index in [1.165, 1.54) is 36.0 Å². The molecule has 1 aromatic heterocycles. The van der Waals surface area contributed by atoms with Gasteiger partial charge >= 0.3 is 0 Å². The summed E-state index contributed by atoms with van der Waals surface area (Å²) in [6, 6.07) is 20.2. The fraction of sp³-hybridized carbons (Fsp3) is 0.0455. The number of amides is 2. The van der Waals surface area contributed by atoms with Crippen LogP contribution in [0.5, 0.6) is 0 Å². The summed E-state index contributed by atoms with van der Waals surface area (Å²) in [4.78, 5) is 43.3. The molecular formula is C22H15N3O4S. The number of imide groups is 1. The van der Waals surface area contributed by atoms with Crippen LogP contribution in [-0.4, -0.2) is 26.6 Å². The molecule has 1 aliphatic heterocycles. The molecule has 0 saturated carbocycles. The Kier molecular flexibility index (Phi) is 5.40. The largest absolute Gasteiger partial charge is 0.269 e. The Bertz CT molecular complexity index is 1150. The van der Waals surface area contributed by atoms with Gasteiger partial charge in [-0.05, 0) is 42.0 Å². The Balaban J connectivity index is 1.74. The van der Waals surface area contributed by atoms with Gasteiger partial charge in [0.05, 0.1) is 27.6 Å². The van der Waals surface area contributed by atoms with Crippen molar-refractivity contribution in [1.29, 1.82) is 0 Å². The SMILES string of the molecule is O=C1C(Sc2ccccc2)=C(c2ccc([N+](=O)[O-])cc2)C(=O)N1Cc1ccccn1. The molecule has 0 spiro atoms. The van der Waals surface area contributed by atoms with E-state index in [1.54, 1.807) is 24.4 Å². The lowest BCUT2D eigenvalue weighted by Gasteiger charge is -2.14. The van der Waals surface area contributed by atoms with Gasteiger partial charge in [0.1, 0.15) is 0 Å². The molecule has 148 valence electrons. The second-order valence-electron chi connectivity index (χ2n) is 6.44. The number of nitrogens with zero attached hydrogens (tertiary/aromatic N) is 3. The first-order valence-corrected chi connectivity index (χ1v) is 9.84. The average molecular weight is 417 g/mol. The number of nitro benzene ring substituents is 1. The third-order valence-electron chi connectivity index (χ3n) is 4.50. The summed E-state index contributed by atoms with van der Waals surface area (Å²) < 4.78 is 0. The average Bonchev–Trinajstić information content (AvgIpc) is 2.99. The third-order valence-corrected chi connectivity index (χ3v) is 5.59. The lowest BCUT2D eigenvalue weighted by molar-refractivity contribution is -0.384. The van der Waals surface area contributed by atoms with Crippen LogP contribution in [0.25, 0.3) is 5.57 Å². The van der Waals surface area contributed by atoms with Gasteiger partial charge in [-0.2, -0.15) is 0 Å². The van der Waals surface area contributed by atoms with E-state index in [4.69, 9.17) is 0 Å². The van der Waals surface area contributed by atoms with Crippen molar-refractivity contribution in [1.82, 2.24) is 9.88 Å². The molecule has 4 rings (SSSR count). The highest BCUT2D eigenvalue weighted by Gasteiger charge is 2.39. The minimum atomic E-state index is -0.507. The fourth-order valence-electron chi connectivity index (χ4n) is 3.06. The molecule has 0 saturated heterocycles. The van der Waals surface area contributed by atoms with Gasteiger partial charge in [0.15, 0.2) is 0 Å². The molecule has 0 bridgehead atoms. The van der Waals surface area contributed by atoms with E-state index in [2.05, 4.69) is 4.98 Å². The van der Waals surface area contributed by atoms with Gasteiger partial charge in [0.2, 0.25) is 0 Å². The van der Waals surface area contributed by atoms with Crippen molar-refractivity contribution in [2.75, 3.05) is 0 Å². The summed E-state index contributed by atoms with van der Waals surface area (Å²) in [5.41, 5.74) is 1.20. The van der Waals surface area contributed by atoms with Crippen molar-refractivity contribution < 1.29 is 14.5 Å². The van der Waals surface area contributed by atoms with Crippen molar-refractivity contribution in [2.45, 2.75) is 11.4 Å². The molecule has 0 N–H and O–H groups in total. The molecule has 1 aliphatic rings. The summed E-state index contributed by atoms with van der Waals surface area (Å²) in [6.45, 7) is 0.0494. The lowest BCUT2D eigenvalue weighted by Crippen LogP contribution is -2.31. The van der Waals surface area contributed by atoms with Gasteiger partial charge < -0.3 is 0 Å².